The molecule has 1 aliphatic carbocycles. The molecule has 0 amide bonds. The molecule has 0 heterocycles. The molecule has 7 heteroatoms. The van der Waals surface area contributed by atoms with Gasteiger partial charge in [0.25, 0.3) is 5.92 Å². The van der Waals surface area contributed by atoms with E-state index in [1.165, 1.54) is 0 Å². The van der Waals surface area contributed by atoms with Gasteiger partial charge in [-0.05, 0) is 24.5 Å². The zero-order valence-corrected chi connectivity index (χ0v) is 14.9. The van der Waals surface area contributed by atoms with Gasteiger partial charge in [-0.15, -0.1) is 0 Å². The summed E-state index contributed by atoms with van der Waals surface area (Å²) in [7, 11) is 0. The van der Waals surface area contributed by atoms with E-state index in [0.717, 1.165) is 5.56 Å². The lowest BCUT2D eigenvalue weighted by molar-refractivity contribution is -0.145. The number of hydrogen-bond donors (Lipinski definition) is 0. The Morgan fingerprint density at radius 3 is 1.92 bits per heavy atom. The van der Waals surface area contributed by atoms with Crippen LogP contribution in [0.2, 0.25) is 0 Å². The number of halogens is 5. The summed E-state index contributed by atoms with van der Waals surface area (Å²) in [5.74, 6) is -3.76. The molecule has 1 aromatic carbocycles. The molecule has 144 valence electrons. The molecule has 0 spiro atoms. The maximum Gasteiger partial charge on any atom is 0.379 e. The average molecular weight is 368 g/mol. The first-order valence-corrected chi connectivity index (χ1v) is 8.29. The van der Waals surface area contributed by atoms with E-state index < -0.39 is 18.5 Å². The second-order valence-corrected chi connectivity index (χ2v) is 5.14. The molecule has 25 heavy (non-hydrogen) atoms. The van der Waals surface area contributed by atoms with Gasteiger partial charge in [-0.2, -0.15) is 13.2 Å². The largest absolute Gasteiger partial charge is 0.466 e. The molecule has 2 atom stereocenters. The first-order chi connectivity index (χ1) is 11.7. The molecular weight excluding hydrogens is 343 g/mol. The van der Waals surface area contributed by atoms with Crippen LogP contribution in [0.4, 0.5) is 22.0 Å². The maximum atomic E-state index is 13.0. The molecule has 0 bridgehead atoms. The van der Waals surface area contributed by atoms with E-state index >= 15 is 0 Å². The fourth-order valence-corrected chi connectivity index (χ4v) is 2.32. The molecule has 1 aromatic rings. The second-order valence-electron chi connectivity index (χ2n) is 5.14. The smallest absolute Gasteiger partial charge is 0.379 e. The molecule has 2 nitrogen and oxygen atoms in total. The van der Waals surface area contributed by atoms with Gasteiger partial charge in [-0.1, -0.05) is 45.0 Å². The summed E-state index contributed by atoms with van der Waals surface area (Å²) in [4.78, 5) is 11.8. The third-order valence-corrected chi connectivity index (χ3v) is 3.55. The van der Waals surface area contributed by atoms with Gasteiger partial charge < -0.3 is 4.74 Å². The van der Waals surface area contributed by atoms with Crippen LogP contribution >= 0.6 is 0 Å². The lowest BCUT2D eigenvalue weighted by Crippen LogP contribution is -2.15. The Morgan fingerprint density at radius 2 is 1.60 bits per heavy atom. The van der Waals surface area contributed by atoms with Crippen LogP contribution in [0.3, 0.4) is 0 Å². The van der Waals surface area contributed by atoms with Crippen molar-refractivity contribution in [2.24, 2.45) is 0 Å². The summed E-state index contributed by atoms with van der Waals surface area (Å²) in [5, 5.41) is 0. The van der Waals surface area contributed by atoms with Gasteiger partial charge in [0.05, 0.1) is 18.4 Å². The van der Waals surface area contributed by atoms with Crippen LogP contribution in [0, 0.1) is 0 Å². The Kier molecular flexibility index (Phi) is 10.3. The van der Waals surface area contributed by atoms with Crippen LogP contribution in [0.25, 0.3) is 0 Å². The van der Waals surface area contributed by atoms with Crippen molar-refractivity contribution in [3.8, 4) is 0 Å². The molecule has 0 saturated heterocycles. The molecule has 0 aromatic heterocycles. The number of carbonyl (C=O) groups excluding carboxylic acids is 1. The van der Waals surface area contributed by atoms with Crippen molar-refractivity contribution in [2.75, 3.05) is 6.61 Å². The third kappa shape index (κ3) is 7.84. The average Bonchev–Trinajstić information content (AvgIpc) is 3.19. The van der Waals surface area contributed by atoms with Crippen LogP contribution in [-0.2, 0) is 9.53 Å². The molecule has 1 saturated carbocycles. The molecule has 0 radical (unpaired) electrons. The van der Waals surface area contributed by atoms with Crippen molar-refractivity contribution in [3.05, 3.63) is 35.4 Å². The first kappa shape index (κ1) is 23.3. The monoisotopic (exact) mass is 368 g/mol. The standard InChI is InChI=1S/C15H18F2O2.C2H6.CHF3/c1-3-12(14(18)19-4-2)10-5-7-11(8-6-10)13-9-15(13,16)17;1-2;2-1(3)4/h5-8,12-13H,3-4,9H2,1-2H3;1-2H3;1H. The summed E-state index contributed by atoms with van der Waals surface area (Å²) in [6, 6.07) is 6.91. The molecule has 1 aliphatic rings. The van der Waals surface area contributed by atoms with E-state index in [4.69, 9.17) is 4.74 Å². The highest BCUT2D eigenvalue weighted by atomic mass is 19.4. The fourth-order valence-electron chi connectivity index (χ4n) is 2.32. The highest BCUT2D eigenvalue weighted by Crippen LogP contribution is 2.55. The molecule has 0 aliphatic heterocycles. The van der Waals surface area contributed by atoms with Gasteiger partial charge in [0.1, 0.15) is 0 Å². The maximum absolute atomic E-state index is 13.0. The van der Waals surface area contributed by atoms with Gasteiger partial charge in [-0.3, -0.25) is 4.79 Å². The Morgan fingerprint density at radius 1 is 1.16 bits per heavy atom. The van der Waals surface area contributed by atoms with Crippen LogP contribution in [0.1, 0.15) is 63.5 Å². The van der Waals surface area contributed by atoms with Gasteiger partial charge in [0.2, 0.25) is 0 Å². The number of rotatable bonds is 5. The number of benzene rings is 1. The number of carbonyl (C=O) groups is 1. The Labute approximate surface area is 145 Å². The number of ether oxygens (including phenoxy) is 1. The minimum Gasteiger partial charge on any atom is -0.466 e. The van der Waals surface area contributed by atoms with Crippen molar-refractivity contribution >= 4 is 5.97 Å². The van der Waals surface area contributed by atoms with Crippen molar-refractivity contribution in [1.82, 2.24) is 0 Å². The summed E-state index contributed by atoms with van der Waals surface area (Å²) < 4.78 is 59.9. The topological polar surface area (TPSA) is 26.3 Å². The predicted octanol–water partition coefficient (Wildman–Crippen LogP) is 6.07. The van der Waals surface area contributed by atoms with Crippen molar-refractivity contribution < 1.29 is 31.5 Å². The first-order valence-electron chi connectivity index (χ1n) is 8.29. The van der Waals surface area contributed by atoms with Crippen LogP contribution in [0.15, 0.2) is 24.3 Å². The lowest BCUT2D eigenvalue weighted by atomic mass is 9.95. The number of alkyl halides is 5. The highest BCUT2D eigenvalue weighted by molar-refractivity contribution is 5.78. The van der Waals surface area contributed by atoms with Crippen LogP contribution < -0.4 is 0 Å². The lowest BCUT2D eigenvalue weighted by Gasteiger charge is -2.14. The Balaban J connectivity index is 0.000000845. The van der Waals surface area contributed by atoms with E-state index in [0.29, 0.717) is 18.6 Å². The van der Waals surface area contributed by atoms with E-state index in [1.807, 2.05) is 20.8 Å². The van der Waals surface area contributed by atoms with Gasteiger partial charge in [0, 0.05) is 6.42 Å². The highest BCUT2D eigenvalue weighted by Gasteiger charge is 2.57. The molecule has 0 N–H and O–H groups in total. The summed E-state index contributed by atoms with van der Waals surface area (Å²) in [6.45, 7) is 4.36. The van der Waals surface area contributed by atoms with E-state index in [1.54, 1.807) is 31.2 Å². The predicted molar refractivity (Wildman–Crippen MR) is 86.9 cm³/mol. The third-order valence-electron chi connectivity index (χ3n) is 3.55. The zero-order chi connectivity index (χ0) is 19.6. The fraction of sp³-hybridized carbons (Fsp3) is 0.611. The van der Waals surface area contributed by atoms with E-state index in [-0.39, 0.29) is 18.3 Å². The van der Waals surface area contributed by atoms with Crippen LogP contribution in [-0.4, -0.2) is 25.2 Å². The molecule has 1 fully saturated rings. The SMILES string of the molecule is CC.CCOC(=O)C(CC)c1ccc(C2CC2(F)F)cc1.FC(F)F. The Hall–Kier alpha value is -1.66. The van der Waals surface area contributed by atoms with E-state index in [9.17, 15) is 26.7 Å². The van der Waals surface area contributed by atoms with Gasteiger partial charge >= 0.3 is 12.6 Å². The van der Waals surface area contributed by atoms with E-state index in [2.05, 4.69) is 0 Å². The molecule has 2 unspecified atom stereocenters. The summed E-state index contributed by atoms with van der Waals surface area (Å²) >= 11 is 0. The normalized spacial score (nSPS) is 18.2. The minimum absolute atomic E-state index is 0.0680. The Bertz CT molecular complexity index is 500. The minimum atomic E-state index is -3.67. The summed E-state index contributed by atoms with van der Waals surface area (Å²) in [6.07, 6.45) is 0.569. The molecule has 2 rings (SSSR count). The second kappa shape index (κ2) is 11.1. The van der Waals surface area contributed by atoms with Gasteiger partial charge in [0.15, 0.2) is 0 Å². The summed E-state index contributed by atoms with van der Waals surface area (Å²) in [5.41, 5.74) is 1.47. The number of esters is 1. The van der Waals surface area contributed by atoms with Gasteiger partial charge in [-0.25, -0.2) is 8.78 Å². The number of hydrogen-bond acceptors (Lipinski definition) is 2. The van der Waals surface area contributed by atoms with Crippen molar-refractivity contribution in [1.29, 1.82) is 0 Å². The molecular formula is C18H25F5O2. The van der Waals surface area contributed by atoms with Crippen molar-refractivity contribution in [2.45, 2.75) is 65.0 Å². The zero-order valence-electron chi connectivity index (χ0n) is 14.9. The quantitative estimate of drug-likeness (QED) is 0.466. The van der Waals surface area contributed by atoms with Crippen molar-refractivity contribution in [3.63, 3.8) is 0 Å². The van der Waals surface area contributed by atoms with Crippen LogP contribution in [0.5, 0.6) is 0 Å².